The predicted molar refractivity (Wildman–Crippen MR) is 68.8 cm³/mol. The third kappa shape index (κ3) is 1.61. The van der Waals surface area contributed by atoms with Gasteiger partial charge in [0.2, 0.25) is 0 Å². The van der Waals surface area contributed by atoms with Crippen LogP contribution < -0.4 is 0 Å². The lowest BCUT2D eigenvalue weighted by molar-refractivity contribution is 0.474. The van der Waals surface area contributed by atoms with Gasteiger partial charge in [-0.15, -0.1) is 0 Å². The molecule has 0 amide bonds. The van der Waals surface area contributed by atoms with Gasteiger partial charge in [0, 0.05) is 10.8 Å². The molecule has 0 spiro atoms. The Hall–Kier alpha value is -0.110. The van der Waals surface area contributed by atoms with Crippen LogP contribution in [0.25, 0.3) is 10.8 Å². The zero-order valence-electron chi connectivity index (χ0n) is 6.46. The van der Waals surface area contributed by atoms with E-state index in [9.17, 15) is 5.11 Å². The van der Waals surface area contributed by atoms with Crippen molar-refractivity contribution in [1.29, 1.82) is 0 Å². The number of fused-ring (bicyclic) bond motifs is 1. The van der Waals surface area contributed by atoms with Gasteiger partial charge in [0.25, 0.3) is 0 Å². The van der Waals surface area contributed by atoms with Crippen molar-refractivity contribution in [2.45, 2.75) is 0 Å². The average Bonchev–Trinajstić information content (AvgIpc) is 2.15. The summed E-state index contributed by atoms with van der Waals surface area (Å²) in [6.07, 6.45) is 0. The summed E-state index contributed by atoms with van der Waals surface area (Å²) in [5.41, 5.74) is 0. The molecule has 1 aromatic heterocycles. The van der Waals surface area contributed by atoms with E-state index in [0.29, 0.717) is 3.70 Å². The minimum atomic E-state index is 0.275. The summed E-state index contributed by atoms with van der Waals surface area (Å²) in [4.78, 5) is 4.22. The van der Waals surface area contributed by atoms with Gasteiger partial charge in [0.1, 0.15) is 7.40 Å². The van der Waals surface area contributed by atoms with Gasteiger partial charge in [0.15, 0.2) is 5.75 Å². The Kier molecular flexibility index (Phi) is 2.59. The second-order valence-electron chi connectivity index (χ2n) is 2.59. The van der Waals surface area contributed by atoms with Crippen LogP contribution in [0.4, 0.5) is 0 Å². The molecule has 1 aromatic carbocycles. The average molecular weight is 397 g/mol. The van der Waals surface area contributed by atoms with Crippen LogP contribution in [0, 0.1) is 7.40 Å². The third-order valence-corrected chi connectivity index (χ3v) is 3.37. The van der Waals surface area contributed by atoms with Crippen molar-refractivity contribution in [2.75, 3.05) is 0 Å². The maximum Gasteiger partial charge on any atom is 0.155 e. The fraction of sp³-hybridized carbons (Fsp3) is 0. The molecule has 66 valence electrons. The number of hydrogen-bond donors (Lipinski definition) is 1. The lowest BCUT2D eigenvalue weighted by Crippen LogP contribution is -1.88. The number of hydrogen-bond acceptors (Lipinski definition) is 2. The highest BCUT2D eigenvalue weighted by Gasteiger charge is 2.08. The molecule has 1 heterocycles. The summed E-state index contributed by atoms with van der Waals surface area (Å²) in [7, 11) is 0. The standard InChI is InChI=1S/C9H5I2NO/c10-8-6-4-2-1-3-5(6)7(13)9(11)12-8/h1-4,13H. The summed E-state index contributed by atoms with van der Waals surface area (Å²) in [5, 5.41) is 11.6. The van der Waals surface area contributed by atoms with E-state index in [1.165, 1.54) is 0 Å². The number of nitrogens with zero attached hydrogens (tertiary/aromatic N) is 1. The summed E-state index contributed by atoms with van der Waals surface area (Å²) < 4.78 is 1.58. The minimum absolute atomic E-state index is 0.275. The van der Waals surface area contributed by atoms with E-state index in [-0.39, 0.29) is 5.75 Å². The van der Waals surface area contributed by atoms with Gasteiger partial charge in [-0.3, -0.25) is 0 Å². The Morgan fingerprint density at radius 1 is 1.00 bits per heavy atom. The number of halogens is 2. The van der Waals surface area contributed by atoms with Gasteiger partial charge >= 0.3 is 0 Å². The first-order valence-corrected chi connectivity index (χ1v) is 5.78. The lowest BCUT2D eigenvalue weighted by atomic mass is 10.2. The number of rotatable bonds is 0. The van der Waals surface area contributed by atoms with E-state index in [1.54, 1.807) is 0 Å². The molecule has 0 saturated carbocycles. The third-order valence-electron chi connectivity index (χ3n) is 1.80. The number of aromatic hydroxyl groups is 1. The molecule has 0 aliphatic heterocycles. The van der Waals surface area contributed by atoms with Gasteiger partial charge in [-0.2, -0.15) is 0 Å². The highest BCUT2D eigenvalue weighted by molar-refractivity contribution is 14.1. The smallest absolute Gasteiger partial charge is 0.155 e. The van der Waals surface area contributed by atoms with Crippen molar-refractivity contribution >= 4 is 56.0 Å². The molecule has 13 heavy (non-hydrogen) atoms. The van der Waals surface area contributed by atoms with Crippen molar-refractivity contribution in [1.82, 2.24) is 4.98 Å². The Morgan fingerprint density at radius 3 is 2.31 bits per heavy atom. The van der Waals surface area contributed by atoms with Gasteiger partial charge in [0.05, 0.1) is 0 Å². The van der Waals surface area contributed by atoms with Crippen molar-refractivity contribution < 1.29 is 5.11 Å². The first-order valence-electron chi connectivity index (χ1n) is 3.63. The molecule has 0 aliphatic rings. The molecule has 2 aromatic rings. The fourth-order valence-corrected chi connectivity index (χ4v) is 2.88. The highest BCUT2D eigenvalue weighted by atomic mass is 127. The molecule has 0 fully saturated rings. The summed E-state index contributed by atoms with van der Waals surface area (Å²) in [5.74, 6) is 0.275. The largest absolute Gasteiger partial charge is 0.505 e. The van der Waals surface area contributed by atoms with Crippen LogP contribution in [0.15, 0.2) is 24.3 Å². The van der Waals surface area contributed by atoms with Crippen LogP contribution in [-0.4, -0.2) is 10.1 Å². The molecule has 0 saturated heterocycles. The molecule has 0 radical (unpaired) electrons. The Morgan fingerprint density at radius 2 is 1.62 bits per heavy atom. The van der Waals surface area contributed by atoms with Crippen molar-refractivity contribution in [2.24, 2.45) is 0 Å². The van der Waals surface area contributed by atoms with Crippen LogP contribution in [0.3, 0.4) is 0 Å². The summed E-state index contributed by atoms with van der Waals surface area (Å²) in [6, 6.07) is 7.71. The molecule has 2 nitrogen and oxygen atoms in total. The summed E-state index contributed by atoms with van der Waals surface area (Å²) in [6.45, 7) is 0. The molecule has 0 bridgehead atoms. The molecule has 4 heteroatoms. The number of pyridine rings is 1. The monoisotopic (exact) mass is 397 g/mol. The zero-order valence-corrected chi connectivity index (χ0v) is 10.8. The number of aromatic nitrogens is 1. The van der Waals surface area contributed by atoms with E-state index < -0.39 is 0 Å². The molecule has 0 aliphatic carbocycles. The molecule has 1 N–H and O–H groups in total. The fourth-order valence-electron chi connectivity index (χ4n) is 1.18. The van der Waals surface area contributed by atoms with Gasteiger partial charge in [-0.05, 0) is 45.2 Å². The van der Waals surface area contributed by atoms with Crippen LogP contribution in [0.2, 0.25) is 0 Å². The normalized spacial score (nSPS) is 10.6. The first kappa shape index (κ1) is 9.45. The zero-order chi connectivity index (χ0) is 9.42. The SMILES string of the molecule is Oc1c(I)nc(I)c2ccccc12. The van der Waals surface area contributed by atoms with E-state index in [4.69, 9.17) is 0 Å². The maximum atomic E-state index is 9.71. The van der Waals surface area contributed by atoms with Crippen LogP contribution in [0.5, 0.6) is 5.75 Å². The van der Waals surface area contributed by atoms with Crippen molar-refractivity contribution in [3.8, 4) is 5.75 Å². The topological polar surface area (TPSA) is 33.1 Å². The second kappa shape index (κ2) is 3.56. The van der Waals surface area contributed by atoms with Crippen molar-refractivity contribution in [3.05, 3.63) is 31.7 Å². The molecule has 2 rings (SSSR count). The lowest BCUT2D eigenvalue weighted by Gasteiger charge is -2.03. The second-order valence-corrected chi connectivity index (χ2v) is 4.63. The van der Waals surface area contributed by atoms with Gasteiger partial charge in [-0.25, -0.2) is 4.98 Å². The van der Waals surface area contributed by atoms with E-state index in [0.717, 1.165) is 14.5 Å². The first-order chi connectivity index (χ1) is 6.20. The predicted octanol–water partition coefficient (Wildman–Crippen LogP) is 3.15. The Labute approximate surface area is 103 Å². The molecule has 0 unspecified atom stereocenters. The van der Waals surface area contributed by atoms with E-state index >= 15 is 0 Å². The molecular weight excluding hydrogens is 392 g/mol. The number of benzene rings is 1. The molecular formula is C9H5I2NO. The van der Waals surface area contributed by atoms with Crippen LogP contribution in [-0.2, 0) is 0 Å². The Bertz CT molecular complexity index is 470. The van der Waals surface area contributed by atoms with Gasteiger partial charge < -0.3 is 5.11 Å². The minimum Gasteiger partial charge on any atom is -0.505 e. The quantitative estimate of drug-likeness (QED) is 0.548. The van der Waals surface area contributed by atoms with E-state index in [1.807, 2.05) is 46.9 Å². The van der Waals surface area contributed by atoms with Crippen LogP contribution >= 0.6 is 45.2 Å². The van der Waals surface area contributed by atoms with Crippen LogP contribution in [0.1, 0.15) is 0 Å². The highest BCUT2D eigenvalue weighted by Crippen LogP contribution is 2.30. The van der Waals surface area contributed by atoms with Crippen molar-refractivity contribution in [3.63, 3.8) is 0 Å². The Balaban J connectivity index is 2.97. The van der Waals surface area contributed by atoms with E-state index in [2.05, 4.69) is 27.6 Å². The van der Waals surface area contributed by atoms with Gasteiger partial charge in [-0.1, -0.05) is 24.3 Å². The molecule has 0 atom stereocenters. The summed E-state index contributed by atoms with van der Waals surface area (Å²) >= 11 is 4.21. The maximum absolute atomic E-state index is 9.71.